The number of carbonyl (C=O) groups excluding carboxylic acids is 1. The van der Waals surface area contributed by atoms with Gasteiger partial charge < -0.3 is 14.2 Å². The molecule has 4 rings (SSSR count). The monoisotopic (exact) mass is 298 g/mol. The van der Waals surface area contributed by atoms with Gasteiger partial charge in [-0.2, -0.15) is 0 Å². The Labute approximate surface area is 130 Å². The molecule has 3 heterocycles. The molecule has 116 valence electrons. The summed E-state index contributed by atoms with van der Waals surface area (Å²) in [5.41, 5.74) is 0.793. The highest BCUT2D eigenvalue weighted by Crippen LogP contribution is 2.25. The number of carbonyl (C=O) groups is 1. The summed E-state index contributed by atoms with van der Waals surface area (Å²) in [4.78, 5) is 17.3. The number of amides is 1. The average Bonchev–Trinajstić information content (AvgIpc) is 3.27. The van der Waals surface area contributed by atoms with Crippen molar-refractivity contribution in [2.24, 2.45) is 0 Å². The Bertz CT molecular complexity index is 640. The van der Waals surface area contributed by atoms with Crippen molar-refractivity contribution in [2.75, 3.05) is 26.2 Å². The Morgan fingerprint density at radius 1 is 1.14 bits per heavy atom. The fourth-order valence-corrected chi connectivity index (χ4v) is 3.78. The van der Waals surface area contributed by atoms with E-state index in [0.29, 0.717) is 11.8 Å². The third-order valence-corrected chi connectivity index (χ3v) is 4.94. The molecule has 0 saturated carbocycles. The summed E-state index contributed by atoms with van der Waals surface area (Å²) in [6.45, 7) is 4.24. The van der Waals surface area contributed by atoms with E-state index in [-0.39, 0.29) is 5.91 Å². The molecule has 0 N–H and O–H groups in total. The van der Waals surface area contributed by atoms with E-state index >= 15 is 0 Å². The van der Waals surface area contributed by atoms with Crippen LogP contribution in [0.3, 0.4) is 0 Å². The highest BCUT2D eigenvalue weighted by Gasteiger charge is 2.32. The Morgan fingerprint density at radius 2 is 1.95 bits per heavy atom. The summed E-state index contributed by atoms with van der Waals surface area (Å²) in [7, 11) is 0. The maximum Gasteiger partial charge on any atom is 0.289 e. The van der Waals surface area contributed by atoms with E-state index in [1.807, 2.05) is 35.2 Å². The molecule has 2 aliphatic rings. The predicted octanol–water partition coefficient (Wildman–Crippen LogP) is 3.13. The second-order valence-corrected chi connectivity index (χ2v) is 6.45. The van der Waals surface area contributed by atoms with Crippen LogP contribution in [0.25, 0.3) is 11.0 Å². The van der Waals surface area contributed by atoms with Crippen LogP contribution in [0.5, 0.6) is 0 Å². The van der Waals surface area contributed by atoms with Crippen LogP contribution in [0, 0.1) is 0 Å². The Kier molecular flexibility index (Phi) is 3.62. The highest BCUT2D eigenvalue weighted by atomic mass is 16.3. The number of furan rings is 1. The van der Waals surface area contributed by atoms with E-state index in [9.17, 15) is 4.79 Å². The predicted molar refractivity (Wildman–Crippen MR) is 85.9 cm³/mol. The zero-order valence-corrected chi connectivity index (χ0v) is 12.8. The minimum Gasteiger partial charge on any atom is -0.451 e. The largest absolute Gasteiger partial charge is 0.451 e. The summed E-state index contributed by atoms with van der Waals surface area (Å²) in [6.07, 6.45) is 4.81. The van der Waals surface area contributed by atoms with Crippen molar-refractivity contribution in [3.8, 4) is 0 Å². The quantitative estimate of drug-likeness (QED) is 0.873. The number of rotatable bonds is 3. The molecular formula is C18H22N2O2. The van der Waals surface area contributed by atoms with Crippen molar-refractivity contribution in [3.63, 3.8) is 0 Å². The molecule has 22 heavy (non-hydrogen) atoms. The van der Waals surface area contributed by atoms with Gasteiger partial charge >= 0.3 is 0 Å². The first kappa shape index (κ1) is 13.8. The maximum absolute atomic E-state index is 12.8. The van der Waals surface area contributed by atoms with Gasteiger partial charge in [0, 0.05) is 24.5 Å². The number of hydrogen-bond acceptors (Lipinski definition) is 3. The lowest BCUT2D eigenvalue weighted by atomic mass is 10.2. The third kappa shape index (κ3) is 2.52. The van der Waals surface area contributed by atoms with Gasteiger partial charge in [0.25, 0.3) is 5.91 Å². The molecule has 2 aromatic rings. The van der Waals surface area contributed by atoms with Crippen LogP contribution in [0.15, 0.2) is 34.7 Å². The van der Waals surface area contributed by atoms with E-state index in [4.69, 9.17) is 4.42 Å². The molecule has 1 aromatic heterocycles. The van der Waals surface area contributed by atoms with Crippen LogP contribution in [-0.4, -0.2) is 47.9 Å². The first-order valence-corrected chi connectivity index (χ1v) is 8.33. The molecule has 2 fully saturated rings. The smallest absolute Gasteiger partial charge is 0.289 e. The van der Waals surface area contributed by atoms with Crippen molar-refractivity contribution in [2.45, 2.75) is 31.7 Å². The minimum atomic E-state index is 0.0536. The second kappa shape index (κ2) is 5.76. The molecule has 1 unspecified atom stereocenters. The zero-order chi connectivity index (χ0) is 14.9. The summed E-state index contributed by atoms with van der Waals surface area (Å²) in [6, 6.07) is 10.0. The lowest BCUT2D eigenvalue weighted by Crippen LogP contribution is -2.42. The van der Waals surface area contributed by atoms with Crippen molar-refractivity contribution < 1.29 is 9.21 Å². The summed E-state index contributed by atoms with van der Waals surface area (Å²) in [5.74, 6) is 0.535. The van der Waals surface area contributed by atoms with Crippen LogP contribution in [0.1, 0.15) is 36.2 Å². The number of nitrogens with zero attached hydrogens (tertiary/aromatic N) is 2. The summed E-state index contributed by atoms with van der Waals surface area (Å²) < 4.78 is 5.76. The van der Waals surface area contributed by atoms with E-state index in [1.54, 1.807) is 0 Å². The number of para-hydroxylation sites is 1. The fraction of sp³-hybridized carbons (Fsp3) is 0.500. The van der Waals surface area contributed by atoms with E-state index in [0.717, 1.165) is 36.9 Å². The van der Waals surface area contributed by atoms with Gasteiger partial charge in [-0.05, 0) is 50.9 Å². The van der Waals surface area contributed by atoms with Gasteiger partial charge in [0.1, 0.15) is 5.58 Å². The molecule has 0 spiro atoms. The standard InChI is InChI=1S/C18H22N2O2/c21-18(17-12-14-6-1-2-8-16(14)22-17)20-11-5-7-15(20)13-19-9-3-4-10-19/h1-2,6,8,12,15H,3-5,7,9-11,13H2. The van der Waals surface area contributed by atoms with Crippen LogP contribution < -0.4 is 0 Å². The second-order valence-electron chi connectivity index (χ2n) is 6.45. The SMILES string of the molecule is O=C(c1cc2ccccc2o1)N1CCCC1CN1CCCC1. The van der Waals surface area contributed by atoms with E-state index in [2.05, 4.69) is 4.90 Å². The van der Waals surface area contributed by atoms with Gasteiger partial charge in [-0.25, -0.2) is 0 Å². The Morgan fingerprint density at radius 3 is 2.77 bits per heavy atom. The summed E-state index contributed by atoms with van der Waals surface area (Å²) in [5, 5.41) is 1.00. The van der Waals surface area contributed by atoms with Crippen molar-refractivity contribution in [1.82, 2.24) is 9.80 Å². The number of likely N-dealkylation sites (tertiary alicyclic amines) is 2. The molecule has 0 aliphatic carbocycles. The average molecular weight is 298 g/mol. The van der Waals surface area contributed by atoms with E-state index < -0.39 is 0 Å². The fourth-order valence-electron chi connectivity index (χ4n) is 3.78. The molecule has 0 radical (unpaired) electrons. The number of fused-ring (bicyclic) bond motifs is 1. The molecular weight excluding hydrogens is 276 g/mol. The molecule has 4 nitrogen and oxygen atoms in total. The first-order valence-electron chi connectivity index (χ1n) is 8.33. The van der Waals surface area contributed by atoms with Crippen molar-refractivity contribution in [3.05, 3.63) is 36.1 Å². The Balaban J connectivity index is 1.52. The molecule has 1 atom stereocenters. The summed E-state index contributed by atoms with van der Waals surface area (Å²) >= 11 is 0. The third-order valence-electron chi connectivity index (χ3n) is 4.94. The molecule has 1 amide bonds. The molecule has 1 aromatic carbocycles. The Hall–Kier alpha value is -1.81. The lowest BCUT2D eigenvalue weighted by Gasteiger charge is -2.27. The molecule has 0 bridgehead atoms. The zero-order valence-electron chi connectivity index (χ0n) is 12.8. The van der Waals surface area contributed by atoms with Gasteiger partial charge in [0.2, 0.25) is 0 Å². The van der Waals surface area contributed by atoms with E-state index in [1.165, 1.54) is 25.9 Å². The van der Waals surface area contributed by atoms with Crippen LogP contribution in [0.4, 0.5) is 0 Å². The molecule has 2 aliphatic heterocycles. The minimum absolute atomic E-state index is 0.0536. The van der Waals surface area contributed by atoms with Crippen LogP contribution >= 0.6 is 0 Å². The van der Waals surface area contributed by atoms with Crippen molar-refractivity contribution in [1.29, 1.82) is 0 Å². The number of benzene rings is 1. The van der Waals surface area contributed by atoms with Crippen LogP contribution in [-0.2, 0) is 0 Å². The first-order chi connectivity index (χ1) is 10.8. The van der Waals surface area contributed by atoms with Gasteiger partial charge in [0.05, 0.1) is 0 Å². The normalized spacial score (nSPS) is 22.7. The number of hydrogen-bond donors (Lipinski definition) is 0. The van der Waals surface area contributed by atoms with Gasteiger partial charge in [-0.3, -0.25) is 4.79 Å². The maximum atomic E-state index is 12.8. The van der Waals surface area contributed by atoms with Crippen molar-refractivity contribution >= 4 is 16.9 Å². The van der Waals surface area contributed by atoms with Gasteiger partial charge in [-0.1, -0.05) is 18.2 Å². The molecule has 4 heteroatoms. The topological polar surface area (TPSA) is 36.7 Å². The van der Waals surface area contributed by atoms with Gasteiger partial charge in [-0.15, -0.1) is 0 Å². The van der Waals surface area contributed by atoms with Gasteiger partial charge in [0.15, 0.2) is 5.76 Å². The van der Waals surface area contributed by atoms with Crippen LogP contribution in [0.2, 0.25) is 0 Å². The lowest BCUT2D eigenvalue weighted by molar-refractivity contribution is 0.0679. The molecule has 2 saturated heterocycles. The highest BCUT2D eigenvalue weighted by molar-refractivity contribution is 5.96.